The summed E-state index contributed by atoms with van der Waals surface area (Å²) in [6, 6.07) is 10.8. The summed E-state index contributed by atoms with van der Waals surface area (Å²) < 4.78 is 32.9. The van der Waals surface area contributed by atoms with Crippen molar-refractivity contribution < 1.29 is 17.9 Å². The largest absolute Gasteiger partial charge is 0.497 e. The highest BCUT2D eigenvalue weighted by atomic mass is 35.5. The van der Waals surface area contributed by atoms with Crippen molar-refractivity contribution in [2.45, 2.75) is 23.8 Å². The number of methoxy groups -OCH3 is 1. The summed E-state index contributed by atoms with van der Waals surface area (Å²) in [6.45, 7) is 0.907. The monoisotopic (exact) mass is 442 g/mol. The van der Waals surface area contributed by atoms with Gasteiger partial charge in [0, 0.05) is 24.7 Å². The first-order chi connectivity index (χ1) is 13.3. The quantitative estimate of drug-likeness (QED) is 0.767. The number of likely N-dealkylation sites (tertiary alicyclic amines) is 1. The van der Waals surface area contributed by atoms with E-state index in [0.717, 1.165) is 0 Å². The fourth-order valence-corrected chi connectivity index (χ4v) is 4.66. The average molecular weight is 443 g/mol. The number of nitrogens with zero attached hydrogens (tertiary/aromatic N) is 1. The van der Waals surface area contributed by atoms with Gasteiger partial charge in [-0.1, -0.05) is 23.2 Å². The van der Waals surface area contributed by atoms with Crippen molar-refractivity contribution in [3.05, 3.63) is 58.1 Å². The van der Waals surface area contributed by atoms with Crippen LogP contribution < -0.4 is 9.46 Å². The molecular formula is C19H20Cl2N2O4S. The number of nitrogens with one attached hydrogen (secondary N) is 1. The fourth-order valence-electron chi connectivity index (χ4n) is 3.05. The number of piperidine rings is 1. The second kappa shape index (κ2) is 8.69. The molecule has 0 bridgehead atoms. The number of benzene rings is 2. The van der Waals surface area contributed by atoms with E-state index >= 15 is 0 Å². The van der Waals surface area contributed by atoms with Crippen molar-refractivity contribution in [1.82, 2.24) is 9.62 Å². The topological polar surface area (TPSA) is 75.7 Å². The van der Waals surface area contributed by atoms with E-state index in [-0.39, 0.29) is 16.8 Å². The highest BCUT2D eigenvalue weighted by Crippen LogP contribution is 2.24. The van der Waals surface area contributed by atoms with E-state index in [4.69, 9.17) is 27.9 Å². The molecule has 0 aliphatic carbocycles. The average Bonchev–Trinajstić information content (AvgIpc) is 2.70. The smallest absolute Gasteiger partial charge is 0.253 e. The van der Waals surface area contributed by atoms with Gasteiger partial charge in [0.15, 0.2) is 0 Å². The lowest BCUT2D eigenvalue weighted by molar-refractivity contribution is 0.0711. The third-order valence-corrected chi connectivity index (χ3v) is 6.92. The lowest BCUT2D eigenvalue weighted by Gasteiger charge is -2.32. The molecule has 0 unspecified atom stereocenters. The standard InChI is InChI=1S/C19H20Cl2N2O4S/c1-27-15-3-5-16(6-4-15)28(25,26)22-14-8-10-23(11-9-14)19(24)13-2-7-17(20)18(21)12-13/h2-7,12,14,22H,8-11H2,1H3. The summed E-state index contributed by atoms with van der Waals surface area (Å²) >= 11 is 11.9. The molecule has 2 aromatic carbocycles. The lowest BCUT2D eigenvalue weighted by Crippen LogP contribution is -2.46. The van der Waals surface area contributed by atoms with Crippen LogP contribution in [0.25, 0.3) is 0 Å². The van der Waals surface area contributed by atoms with Crippen molar-refractivity contribution in [3.8, 4) is 5.75 Å². The van der Waals surface area contributed by atoms with Gasteiger partial charge in [0.2, 0.25) is 10.0 Å². The Hall–Kier alpha value is -1.80. The zero-order valence-electron chi connectivity index (χ0n) is 15.2. The number of hydrogen-bond acceptors (Lipinski definition) is 4. The fraction of sp³-hybridized carbons (Fsp3) is 0.316. The first-order valence-corrected chi connectivity index (χ1v) is 10.9. The molecule has 6 nitrogen and oxygen atoms in total. The Kier molecular flexibility index (Phi) is 6.50. The molecule has 2 aromatic rings. The van der Waals surface area contributed by atoms with Gasteiger partial charge in [-0.2, -0.15) is 0 Å². The van der Waals surface area contributed by atoms with E-state index in [0.29, 0.717) is 47.3 Å². The van der Waals surface area contributed by atoms with Crippen LogP contribution in [0, 0.1) is 0 Å². The predicted octanol–water partition coefficient (Wildman–Crippen LogP) is 3.59. The Morgan fingerprint density at radius 3 is 2.29 bits per heavy atom. The molecule has 0 saturated carbocycles. The number of carbonyl (C=O) groups excluding carboxylic acids is 1. The predicted molar refractivity (Wildman–Crippen MR) is 109 cm³/mol. The zero-order chi connectivity index (χ0) is 20.3. The Morgan fingerprint density at radius 2 is 1.71 bits per heavy atom. The van der Waals surface area contributed by atoms with Gasteiger partial charge in [-0.25, -0.2) is 13.1 Å². The first-order valence-electron chi connectivity index (χ1n) is 8.71. The molecule has 0 radical (unpaired) electrons. The van der Waals surface area contributed by atoms with Crippen LogP contribution in [0.5, 0.6) is 5.75 Å². The molecule has 1 aliphatic rings. The molecule has 1 N–H and O–H groups in total. The van der Waals surface area contributed by atoms with Gasteiger partial charge in [0.05, 0.1) is 22.1 Å². The molecule has 0 atom stereocenters. The van der Waals surface area contributed by atoms with Crippen molar-refractivity contribution in [2.75, 3.05) is 20.2 Å². The van der Waals surface area contributed by atoms with Crippen molar-refractivity contribution in [3.63, 3.8) is 0 Å². The number of amides is 1. The maximum atomic E-state index is 12.6. The minimum absolute atomic E-state index is 0.143. The molecular weight excluding hydrogens is 423 g/mol. The van der Waals surface area contributed by atoms with Crippen LogP contribution in [-0.2, 0) is 10.0 Å². The zero-order valence-corrected chi connectivity index (χ0v) is 17.5. The van der Waals surface area contributed by atoms with Crippen LogP contribution in [0.2, 0.25) is 10.0 Å². The summed E-state index contributed by atoms with van der Waals surface area (Å²) in [5, 5.41) is 0.722. The van der Waals surface area contributed by atoms with Gasteiger partial charge >= 0.3 is 0 Å². The Bertz CT molecular complexity index is 956. The van der Waals surface area contributed by atoms with Gasteiger partial charge < -0.3 is 9.64 Å². The summed E-state index contributed by atoms with van der Waals surface area (Å²) in [4.78, 5) is 14.5. The molecule has 150 valence electrons. The van der Waals surface area contributed by atoms with E-state index in [1.807, 2.05) is 0 Å². The van der Waals surface area contributed by atoms with Gasteiger partial charge in [0.1, 0.15) is 5.75 Å². The summed E-state index contributed by atoms with van der Waals surface area (Å²) in [6.07, 6.45) is 1.06. The molecule has 0 aromatic heterocycles. The maximum absolute atomic E-state index is 12.6. The number of rotatable bonds is 5. The van der Waals surface area contributed by atoms with Gasteiger partial charge in [-0.15, -0.1) is 0 Å². The number of sulfonamides is 1. The SMILES string of the molecule is COc1ccc(S(=O)(=O)NC2CCN(C(=O)c3ccc(Cl)c(Cl)c3)CC2)cc1. The first kappa shape index (κ1) is 20.9. The molecule has 28 heavy (non-hydrogen) atoms. The number of halogens is 2. The second-order valence-electron chi connectivity index (χ2n) is 6.49. The van der Waals surface area contributed by atoms with Crippen LogP contribution in [0.3, 0.4) is 0 Å². The van der Waals surface area contributed by atoms with E-state index in [1.54, 1.807) is 35.2 Å². The van der Waals surface area contributed by atoms with Crippen LogP contribution in [0.1, 0.15) is 23.2 Å². The van der Waals surface area contributed by atoms with Crippen molar-refractivity contribution in [2.24, 2.45) is 0 Å². The van der Waals surface area contributed by atoms with E-state index in [9.17, 15) is 13.2 Å². The molecule has 1 fully saturated rings. The third kappa shape index (κ3) is 4.78. The van der Waals surface area contributed by atoms with Crippen LogP contribution in [0.4, 0.5) is 0 Å². The summed E-state index contributed by atoms with van der Waals surface area (Å²) in [7, 11) is -2.10. The van der Waals surface area contributed by atoms with Crippen molar-refractivity contribution >= 4 is 39.1 Å². The molecule has 9 heteroatoms. The van der Waals surface area contributed by atoms with Crippen LogP contribution >= 0.6 is 23.2 Å². The molecule has 1 aliphatic heterocycles. The molecule has 0 spiro atoms. The van der Waals surface area contributed by atoms with Gasteiger partial charge in [0.25, 0.3) is 5.91 Å². The Balaban J connectivity index is 1.60. The highest BCUT2D eigenvalue weighted by molar-refractivity contribution is 7.89. The lowest BCUT2D eigenvalue weighted by atomic mass is 10.0. The third-order valence-electron chi connectivity index (χ3n) is 4.64. The number of hydrogen-bond donors (Lipinski definition) is 1. The summed E-state index contributed by atoms with van der Waals surface area (Å²) in [5.74, 6) is 0.447. The van der Waals surface area contributed by atoms with E-state index in [2.05, 4.69) is 4.72 Å². The van der Waals surface area contributed by atoms with Gasteiger partial charge in [-0.3, -0.25) is 4.79 Å². The minimum atomic E-state index is -3.63. The Morgan fingerprint density at radius 1 is 1.07 bits per heavy atom. The van der Waals surface area contributed by atoms with Crippen LogP contribution in [-0.4, -0.2) is 45.5 Å². The summed E-state index contributed by atoms with van der Waals surface area (Å²) in [5.41, 5.74) is 0.465. The molecule has 1 saturated heterocycles. The van der Waals surface area contributed by atoms with Gasteiger partial charge in [-0.05, 0) is 55.3 Å². The highest BCUT2D eigenvalue weighted by Gasteiger charge is 2.27. The Labute approximate surface area is 174 Å². The van der Waals surface area contributed by atoms with E-state index in [1.165, 1.54) is 19.2 Å². The minimum Gasteiger partial charge on any atom is -0.497 e. The maximum Gasteiger partial charge on any atom is 0.253 e. The molecule has 1 amide bonds. The van der Waals surface area contributed by atoms with Crippen LogP contribution in [0.15, 0.2) is 47.4 Å². The van der Waals surface area contributed by atoms with E-state index < -0.39 is 10.0 Å². The number of carbonyl (C=O) groups is 1. The normalized spacial score (nSPS) is 15.5. The van der Waals surface area contributed by atoms with Crippen molar-refractivity contribution in [1.29, 1.82) is 0 Å². The second-order valence-corrected chi connectivity index (χ2v) is 9.02. The molecule has 1 heterocycles. The molecule has 3 rings (SSSR count). The number of ether oxygens (including phenoxy) is 1.